The standard InChI is InChI=1S/C17H26NO5P/c1-4-22-24(21,23-5-2)17(11-15(17)12-19)16(20)18-13(3)14-9-7-6-8-10-14/h6-10,13,15,19H,4-5,11-12H2,1-3H3,(H,18,20)/t13-,15-,17+/m1/s1. The molecule has 0 radical (unpaired) electrons. The molecule has 1 fully saturated rings. The Kier molecular flexibility index (Phi) is 6.21. The second-order valence-corrected chi connectivity index (χ2v) is 8.26. The van der Waals surface area contributed by atoms with Crippen LogP contribution in [0.4, 0.5) is 0 Å². The lowest BCUT2D eigenvalue weighted by atomic mass is 10.1. The highest BCUT2D eigenvalue weighted by molar-refractivity contribution is 7.57. The molecule has 0 aliphatic heterocycles. The zero-order chi connectivity index (χ0) is 17.8. The van der Waals surface area contributed by atoms with Crippen LogP contribution in [-0.2, 0) is 18.4 Å². The molecule has 7 heteroatoms. The van der Waals surface area contributed by atoms with Crippen LogP contribution >= 0.6 is 7.60 Å². The molecule has 0 bridgehead atoms. The van der Waals surface area contributed by atoms with E-state index >= 15 is 0 Å². The van der Waals surface area contributed by atoms with Gasteiger partial charge in [-0.25, -0.2) is 0 Å². The first kappa shape index (κ1) is 19.1. The van der Waals surface area contributed by atoms with Crippen molar-refractivity contribution in [2.75, 3.05) is 19.8 Å². The zero-order valence-corrected chi connectivity index (χ0v) is 15.3. The van der Waals surface area contributed by atoms with Gasteiger partial charge in [0.25, 0.3) is 0 Å². The fourth-order valence-corrected chi connectivity index (χ4v) is 5.53. The maximum absolute atomic E-state index is 13.2. The second-order valence-electron chi connectivity index (χ2n) is 5.95. The zero-order valence-electron chi connectivity index (χ0n) is 14.4. The van der Waals surface area contributed by atoms with Gasteiger partial charge in [0.2, 0.25) is 5.91 Å². The van der Waals surface area contributed by atoms with Crippen molar-refractivity contribution in [3.63, 3.8) is 0 Å². The van der Waals surface area contributed by atoms with Gasteiger partial charge in [0.15, 0.2) is 5.16 Å². The van der Waals surface area contributed by atoms with Gasteiger partial charge in [0.1, 0.15) is 0 Å². The molecule has 134 valence electrons. The first-order valence-electron chi connectivity index (χ1n) is 8.31. The van der Waals surface area contributed by atoms with E-state index in [0.717, 1.165) is 5.56 Å². The number of benzene rings is 1. The minimum Gasteiger partial charge on any atom is -0.396 e. The third kappa shape index (κ3) is 3.42. The molecule has 1 aliphatic carbocycles. The average Bonchev–Trinajstić information content (AvgIpc) is 3.32. The molecule has 2 N–H and O–H groups in total. The van der Waals surface area contributed by atoms with Gasteiger partial charge in [-0.15, -0.1) is 0 Å². The lowest BCUT2D eigenvalue weighted by Gasteiger charge is -2.28. The summed E-state index contributed by atoms with van der Waals surface area (Å²) in [5, 5.41) is 11.1. The van der Waals surface area contributed by atoms with Gasteiger partial charge in [-0.05, 0) is 32.8 Å². The number of hydrogen-bond acceptors (Lipinski definition) is 5. The van der Waals surface area contributed by atoms with Crippen molar-refractivity contribution in [3.05, 3.63) is 35.9 Å². The summed E-state index contributed by atoms with van der Waals surface area (Å²) in [5.74, 6) is -0.799. The average molecular weight is 355 g/mol. The van der Waals surface area contributed by atoms with E-state index in [9.17, 15) is 14.5 Å². The third-order valence-electron chi connectivity index (χ3n) is 4.42. The van der Waals surface area contributed by atoms with Crippen LogP contribution in [0.2, 0.25) is 0 Å². The van der Waals surface area contributed by atoms with E-state index in [1.54, 1.807) is 13.8 Å². The van der Waals surface area contributed by atoms with E-state index in [4.69, 9.17) is 9.05 Å². The Hall–Kier alpha value is -1.20. The van der Waals surface area contributed by atoms with Crippen LogP contribution in [0.25, 0.3) is 0 Å². The smallest absolute Gasteiger partial charge is 0.346 e. The Morgan fingerprint density at radius 2 is 1.92 bits per heavy atom. The predicted octanol–water partition coefficient (Wildman–Crippen LogP) is 2.88. The Bertz CT molecular complexity index is 598. The van der Waals surface area contributed by atoms with Gasteiger partial charge < -0.3 is 19.5 Å². The van der Waals surface area contributed by atoms with Crippen LogP contribution in [-0.4, -0.2) is 36.0 Å². The van der Waals surface area contributed by atoms with Crippen molar-refractivity contribution in [3.8, 4) is 0 Å². The monoisotopic (exact) mass is 355 g/mol. The molecular formula is C17H26NO5P. The first-order chi connectivity index (χ1) is 11.4. The first-order valence-corrected chi connectivity index (χ1v) is 9.85. The fourth-order valence-electron chi connectivity index (χ4n) is 3.02. The number of aliphatic hydroxyl groups excluding tert-OH is 1. The molecule has 2 rings (SSSR count). The summed E-state index contributed by atoms with van der Waals surface area (Å²) in [6, 6.07) is 9.28. The summed E-state index contributed by atoms with van der Waals surface area (Å²) in [6.07, 6.45) is 0.300. The maximum atomic E-state index is 13.2. The highest BCUT2D eigenvalue weighted by atomic mass is 31.2. The molecule has 0 aromatic heterocycles. The molecule has 3 atom stereocenters. The van der Waals surface area contributed by atoms with Gasteiger partial charge in [0.05, 0.1) is 19.3 Å². The van der Waals surface area contributed by atoms with Crippen LogP contribution < -0.4 is 5.32 Å². The lowest BCUT2D eigenvalue weighted by molar-refractivity contribution is -0.123. The molecule has 0 saturated heterocycles. The van der Waals surface area contributed by atoms with Crippen molar-refractivity contribution in [1.29, 1.82) is 0 Å². The summed E-state index contributed by atoms with van der Waals surface area (Å²) >= 11 is 0. The fraction of sp³-hybridized carbons (Fsp3) is 0.588. The minimum absolute atomic E-state index is 0.179. The quantitative estimate of drug-likeness (QED) is 0.666. The Morgan fingerprint density at radius 3 is 2.38 bits per heavy atom. The molecule has 24 heavy (non-hydrogen) atoms. The summed E-state index contributed by atoms with van der Waals surface area (Å²) in [7, 11) is -3.66. The van der Waals surface area contributed by atoms with Gasteiger partial charge in [-0.3, -0.25) is 9.36 Å². The number of carbonyl (C=O) groups excluding carboxylic acids is 1. The van der Waals surface area contributed by atoms with Gasteiger partial charge in [-0.2, -0.15) is 0 Å². The van der Waals surface area contributed by atoms with Crippen LogP contribution in [0.5, 0.6) is 0 Å². The third-order valence-corrected chi connectivity index (χ3v) is 7.34. The molecule has 0 unspecified atom stereocenters. The summed E-state index contributed by atoms with van der Waals surface area (Å²) in [4.78, 5) is 12.9. The highest BCUT2D eigenvalue weighted by Gasteiger charge is 2.72. The number of aliphatic hydroxyl groups is 1. The summed E-state index contributed by atoms with van der Waals surface area (Å²) in [5.41, 5.74) is 0.949. The molecule has 1 aromatic rings. The van der Waals surface area contributed by atoms with E-state index in [-0.39, 0.29) is 31.8 Å². The van der Waals surface area contributed by atoms with Crippen molar-refractivity contribution >= 4 is 13.5 Å². The Morgan fingerprint density at radius 1 is 1.33 bits per heavy atom. The highest BCUT2D eigenvalue weighted by Crippen LogP contribution is 2.74. The van der Waals surface area contributed by atoms with Crippen molar-refractivity contribution in [2.24, 2.45) is 5.92 Å². The molecular weight excluding hydrogens is 329 g/mol. The number of nitrogens with one attached hydrogen (secondary N) is 1. The van der Waals surface area contributed by atoms with Gasteiger partial charge in [0, 0.05) is 12.5 Å². The van der Waals surface area contributed by atoms with Crippen LogP contribution in [0, 0.1) is 5.92 Å². The molecule has 1 saturated carbocycles. The van der Waals surface area contributed by atoms with E-state index in [2.05, 4.69) is 5.32 Å². The molecule has 1 amide bonds. The summed E-state index contributed by atoms with van der Waals surface area (Å²) < 4.78 is 24.0. The largest absolute Gasteiger partial charge is 0.396 e. The van der Waals surface area contributed by atoms with Crippen LogP contribution in [0.3, 0.4) is 0 Å². The Balaban J connectivity index is 2.23. The number of rotatable bonds is 9. The maximum Gasteiger partial charge on any atom is 0.346 e. The molecule has 6 nitrogen and oxygen atoms in total. The SMILES string of the molecule is CCOP(=O)(OCC)[C@@]1(C(=O)N[C@H](C)c2ccccc2)C[C@@H]1CO. The predicted molar refractivity (Wildman–Crippen MR) is 91.8 cm³/mol. The van der Waals surface area contributed by atoms with Gasteiger partial charge >= 0.3 is 7.60 Å². The molecule has 1 aliphatic rings. The van der Waals surface area contributed by atoms with Gasteiger partial charge in [-0.1, -0.05) is 30.3 Å². The van der Waals surface area contributed by atoms with Crippen molar-refractivity contribution in [1.82, 2.24) is 5.32 Å². The van der Waals surface area contributed by atoms with E-state index in [1.807, 2.05) is 37.3 Å². The normalized spacial score (nSPS) is 24.4. The molecule has 0 spiro atoms. The van der Waals surface area contributed by atoms with Crippen LogP contribution in [0.1, 0.15) is 38.8 Å². The van der Waals surface area contributed by atoms with Crippen molar-refractivity contribution in [2.45, 2.75) is 38.4 Å². The summed E-state index contributed by atoms with van der Waals surface area (Å²) in [6.45, 7) is 5.42. The number of amides is 1. The Labute approximate surface area is 143 Å². The number of hydrogen-bond donors (Lipinski definition) is 2. The second kappa shape index (κ2) is 7.79. The topological polar surface area (TPSA) is 84.9 Å². The van der Waals surface area contributed by atoms with E-state index < -0.39 is 18.7 Å². The molecule has 1 aromatic carbocycles. The lowest BCUT2D eigenvalue weighted by Crippen LogP contribution is -2.40. The van der Waals surface area contributed by atoms with E-state index in [0.29, 0.717) is 6.42 Å². The van der Waals surface area contributed by atoms with Crippen molar-refractivity contribution < 1.29 is 23.5 Å². The van der Waals surface area contributed by atoms with E-state index in [1.165, 1.54) is 0 Å². The molecule has 0 heterocycles. The number of carbonyl (C=O) groups is 1. The minimum atomic E-state index is -3.66. The van der Waals surface area contributed by atoms with Crippen LogP contribution in [0.15, 0.2) is 30.3 Å².